The van der Waals surface area contributed by atoms with Crippen molar-refractivity contribution in [1.82, 2.24) is 10.2 Å². The third-order valence-corrected chi connectivity index (χ3v) is 3.22. The minimum atomic E-state index is 0.0839. The van der Waals surface area contributed by atoms with Crippen molar-refractivity contribution in [2.45, 2.75) is 59.9 Å². The number of allylic oxidation sites excluding steroid dienone is 1. The zero-order chi connectivity index (χ0) is 13.7. The molecule has 4 nitrogen and oxygen atoms in total. The topological polar surface area (TPSA) is 44.7 Å². The first kappa shape index (κ1) is 14.7. The SMILES string of the molecule is CCCNC1=C(CC)N=C(C)C(CC)N1C(C)=O. The summed E-state index contributed by atoms with van der Waals surface area (Å²) in [5.74, 6) is 0.991. The van der Waals surface area contributed by atoms with Gasteiger partial charge in [0.25, 0.3) is 0 Å². The number of rotatable bonds is 5. The molecule has 0 spiro atoms. The summed E-state index contributed by atoms with van der Waals surface area (Å²) < 4.78 is 0. The molecule has 4 heteroatoms. The van der Waals surface area contributed by atoms with Crippen molar-refractivity contribution in [1.29, 1.82) is 0 Å². The molecular formula is C14H25N3O. The quantitative estimate of drug-likeness (QED) is 0.816. The molecule has 102 valence electrons. The second kappa shape index (κ2) is 6.57. The molecule has 1 heterocycles. The van der Waals surface area contributed by atoms with Crippen LogP contribution in [-0.2, 0) is 4.79 Å². The molecule has 18 heavy (non-hydrogen) atoms. The number of amides is 1. The van der Waals surface area contributed by atoms with Crippen molar-refractivity contribution >= 4 is 11.6 Å². The van der Waals surface area contributed by atoms with E-state index in [9.17, 15) is 4.79 Å². The van der Waals surface area contributed by atoms with Crippen molar-refractivity contribution in [3.8, 4) is 0 Å². The summed E-state index contributed by atoms with van der Waals surface area (Å²) >= 11 is 0. The highest BCUT2D eigenvalue weighted by atomic mass is 16.2. The molecular weight excluding hydrogens is 226 g/mol. The minimum absolute atomic E-state index is 0.0839. The number of nitrogens with one attached hydrogen (secondary N) is 1. The molecule has 1 N–H and O–H groups in total. The number of hydrogen-bond donors (Lipinski definition) is 1. The first-order valence-electron chi connectivity index (χ1n) is 6.88. The molecule has 0 aliphatic carbocycles. The Morgan fingerprint density at radius 2 is 2.06 bits per heavy atom. The summed E-state index contributed by atoms with van der Waals surface area (Å²) in [6.45, 7) is 10.8. The monoisotopic (exact) mass is 251 g/mol. The van der Waals surface area contributed by atoms with Gasteiger partial charge in [0.1, 0.15) is 5.82 Å². The maximum absolute atomic E-state index is 11.9. The zero-order valence-corrected chi connectivity index (χ0v) is 12.2. The van der Waals surface area contributed by atoms with Crippen LogP contribution < -0.4 is 5.32 Å². The van der Waals surface area contributed by atoms with Gasteiger partial charge in [-0.2, -0.15) is 0 Å². The van der Waals surface area contributed by atoms with Crippen LogP contribution in [0.5, 0.6) is 0 Å². The van der Waals surface area contributed by atoms with Crippen LogP contribution in [0.15, 0.2) is 16.5 Å². The number of aliphatic imine (C=N–C) groups is 1. The van der Waals surface area contributed by atoms with E-state index in [4.69, 9.17) is 0 Å². The van der Waals surface area contributed by atoms with E-state index in [-0.39, 0.29) is 11.9 Å². The molecule has 1 atom stereocenters. The molecule has 1 aliphatic rings. The van der Waals surface area contributed by atoms with Gasteiger partial charge in [-0.1, -0.05) is 20.8 Å². The molecule has 0 fully saturated rings. The van der Waals surface area contributed by atoms with Gasteiger partial charge in [0.2, 0.25) is 5.91 Å². The molecule has 1 rings (SSSR count). The van der Waals surface area contributed by atoms with Gasteiger partial charge in [-0.15, -0.1) is 0 Å². The van der Waals surface area contributed by atoms with Crippen LogP contribution in [0.3, 0.4) is 0 Å². The molecule has 0 saturated carbocycles. The van der Waals surface area contributed by atoms with Crippen LogP contribution in [0.25, 0.3) is 0 Å². The van der Waals surface area contributed by atoms with E-state index < -0.39 is 0 Å². The van der Waals surface area contributed by atoms with Crippen LogP contribution >= 0.6 is 0 Å². The molecule has 1 aliphatic heterocycles. The lowest BCUT2D eigenvalue weighted by molar-refractivity contribution is -0.128. The fraction of sp³-hybridized carbons (Fsp3) is 0.714. The maximum Gasteiger partial charge on any atom is 0.225 e. The summed E-state index contributed by atoms with van der Waals surface area (Å²) in [6.07, 6.45) is 2.76. The smallest absolute Gasteiger partial charge is 0.225 e. The fourth-order valence-corrected chi connectivity index (χ4v) is 2.35. The van der Waals surface area contributed by atoms with Gasteiger partial charge >= 0.3 is 0 Å². The van der Waals surface area contributed by atoms with Gasteiger partial charge in [0.05, 0.1) is 11.7 Å². The highest BCUT2D eigenvalue weighted by molar-refractivity contribution is 5.93. The molecule has 0 saturated heterocycles. The van der Waals surface area contributed by atoms with Crippen LogP contribution in [-0.4, -0.2) is 29.1 Å². The van der Waals surface area contributed by atoms with Gasteiger partial charge in [0, 0.05) is 19.2 Å². The Bertz CT molecular complexity index is 371. The van der Waals surface area contributed by atoms with Crippen molar-refractivity contribution in [2.24, 2.45) is 4.99 Å². The first-order valence-corrected chi connectivity index (χ1v) is 6.88. The van der Waals surface area contributed by atoms with Gasteiger partial charge in [0.15, 0.2) is 0 Å². The number of carbonyl (C=O) groups is 1. The van der Waals surface area contributed by atoms with E-state index in [0.717, 1.165) is 43.0 Å². The summed E-state index contributed by atoms with van der Waals surface area (Å²) in [7, 11) is 0. The van der Waals surface area contributed by atoms with E-state index >= 15 is 0 Å². The van der Waals surface area contributed by atoms with Crippen LogP contribution in [0.2, 0.25) is 0 Å². The summed E-state index contributed by atoms with van der Waals surface area (Å²) in [4.78, 5) is 18.5. The third-order valence-electron chi connectivity index (χ3n) is 3.22. The van der Waals surface area contributed by atoms with Crippen LogP contribution in [0.4, 0.5) is 0 Å². The van der Waals surface area contributed by atoms with E-state index in [1.165, 1.54) is 0 Å². The molecule has 0 radical (unpaired) electrons. The summed E-state index contributed by atoms with van der Waals surface area (Å²) in [6, 6.07) is 0.0946. The van der Waals surface area contributed by atoms with E-state index in [1.54, 1.807) is 6.92 Å². The average molecular weight is 251 g/mol. The van der Waals surface area contributed by atoms with Crippen LogP contribution in [0, 0.1) is 0 Å². The largest absolute Gasteiger partial charge is 0.370 e. The van der Waals surface area contributed by atoms with E-state index in [1.807, 2.05) is 11.8 Å². The fourth-order valence-electron chi connectivity index (χ4n) is 2.35. The standard InChI is InChI=1S/C14H25N3O/c1-6-9-15-14-12(7-2)16-10(4)13(8-3)17(14)11(5)18/h13,15H,6-9H2,1-5H3. The molecule has 1 amide bonds. The van der Waals surface area contributed by atoms with Crippen molar-refractivity contribution < 1.29 is 4.79 Å². The Balaban J connectivity index is 3.16. The van der Waals surface area contributed by atoms with Gasteiger partial charge in [-0.3, -0.25) is 14.7 Å². The predicted octanol–water partition coefficient (Wildman–Crippen LogP) is 2.67. The Kier molecular flexibility index (Phi) is 5.38. The Morgan fingerprint density at radius 1 is 1.39 bits per heavy atom. The maximum atomic E-state index is 11.9. The van der Waals surface area contributed by atoms with Crippen molar-refractivity contribution in [3.05, 3.63) is 11.5 Å². The molecule has 0 aromatic carbocycles. The first-order chi connectivity index (χ1) is 8.56. The van der Waals surface area contributed by atoms with E-state index in [0.29, 0.717) is 0 Å². The minimum Gasteiger partial charge on any atom is -0.370 e. The molecule has 0 aromatic rings. The lowest BCUT2D eigenvalue weighted by Gasteiger charge is -2.36. The number of nitrogens with zero attached hydrogens (tertiary/aromatic N) is 2. The zero-order valence-electron chi connectivity index (χ0n) is 12.2. The van der Waals surface area contributed by atoms with Crippen LogP contribution in [0.1, 0.15) is 53.9 Å². The van der Waals surface area contributed by atoms with Gasteiger partial charge in [-0.25, -0.2) is 0 Å². The van der Waals surface area contributed by atoms with Gasteiger partial charge < -0.3 is 5.32 Å². The lowest BCUT2D eigenvalue weighted by atomic mass is 10.0. The average Bonchev–Trinajstić information content (AvgIpc) is 2.35. The Hall–Kier alpha value is -1.32. The number of hydrogen-bond acceptors (Lipinski definition) is 3. The molecule has 0 aromatic heterocycles. The Labute approximate surface area is 110 Å². The molecule has 1 unspecified atom stereocenters. The Morgan fingerprint density at radius 3 is 2.50 bits per heavy atom. The highest BCUT2D eigenvalue weighted by Crippen LogP contribution is 2.24. The van der Waals surface area contributed by atoms with Crippen molar-refractivity contribution in [3.63, 3.8) is 0 Å². The second-order valence-corrected chi connectivity index (χ2v) is 4.64. The summed E-state index contributed by atoms with van der Waals surface area (Å²) in [5, 5.41) is 3.37. The normalized spacial score (nSPS) is 19.9. The third kappa shape index (κ3) is 2.92. The number of carbonyl (C=O) groups excluding carboxylic acids is 1. The van der Waals surface area contributed by atoms with Crippen molar-refractivity contribution in [2.75, 3.05) is 6.54 Å². The molecule has 0 bridgehead atoms. The predicted molar refractivity (Wildman–Crippen MR) is 75.3 cm³/mol. The van der Waals surface area contributed by atoms with E-state index in [2.05, 4.69) is 31.1 Å². The summed E-state index contributed by atoms with van der Waals surface area (Å²) in [5.41, 5.74) is 2.02. The lowest BCUT2D eigenvalue weighted by Crippen LogP contribution is -2.48. The highest BCUT2D eigenvalue weighted by Gasteiger charge is 2.30. The second-order valence-electron chi connectivity index (χ2n) is 4.64. The van der Waals surface area contributed by atoms with Gasteiger partial charge in [-0.05, 0) is 26.2 Å².